The monoisotopic (exact) mass is 403 g/mol. The number of carbonyl (C=O) groups is 2. The van der Waals surface area contributed by atoms with Crippen LogP contribution in [-0.4, -0.2) is 41.1 Å². The van der Waals surface area contributed by atoms with Crippen molar-refractivity contribution in [1.29, 1.82) is 0 Å². The smallest absolute Gasteiger partial charge is 0.254 e. The number of thioether (sulfide) groups is 1. The van der Waals surface area contributed by atoms with E-state index in [4.69, 9.17) is 5.73 Å². The molecular weight excluding hydrogens is 382 g/mol. The highest BCUT2D eigenvalue weighted by atomic mass is 35.5. The number of fused-ring (bicyclic) bond motifs is 1. The van der Waals surface area contributed by atoms with Crippen LogP contribution in [0.5, 0.6) is 0 Å². The highest BCUT2D eigenvalue weighted by Crippen LogP contribution is 2.36. The summed E-state index contributed by atoms with van der Waals surface area (Å²) in [7, 11) is 0. The molecule has 2 heterocycles. The number of anilines is 1. The van der Waals surface area contributed by atoms with Crippen molar-refractivity contribution in [3.05, 3.63) is 59.7 Å². The number of hydrogen-bond donors (Lipinski definition) is 2. The summed E-state index contributed by atoms with van der Waals surface area (Å²) in [4.78, 5) is 27.6. The Labute approximate surface area is 169 Å². The van der Waals surface area contributed by atoms with E-state index in [1.165, 1.54) is 17.3 Å². The number of benzene rings is 2. The first-order valence-electron chi connectivity index (χ1n) is 8.74. The molecule has 1 unspecified atom stereocenters. The average molecular weight is 404 g/mol. The lowest BCUT2D eigenvalue weighted by Gasteiger charge is -2.23. The third kappa shape index (κ3) is 3.83. The van der Waals surface area contributed by atoms with E-state index < -0.39 is 0 Å². The Morgan fingerprint density at radius 1 is 1.19 bits per heavy atom. The Balaban J connectivity index is 0.00000210. The molecule has 1 fully saturated rings. The van der Waals surface area contributed by atoms with Crippen LogP contribution in [0, 0.1) is 0 Å². The molecule has 0 aromatic heterocycles. The van der Waals surface area contributed by atoms with E-state index in [0.717, 1.165) is 4.90 Å². The SMILES string of the molecule is CC1Sc2ccc(C(=O)N3C[C@@H](N)[C@H](c4ccccc4)C3)cc2NC1=O.Cl. The molecule has 1 saturated heterocycles. The predicted octanol–water partition coefficient (Wildman–Crippen LogP) is 3.11. The van der Waals surface area contributed by atoms with E-state index in [2.05, 4.69) is 17.4 Å². The lowest BCUT2D eigenvalue weighted by molar-refractivity contribution is -0.115. The van der Waals surface area contributed by atoms with Crippen molar-refractivity contribution in [1.82, 2.24) is 4.90 Å². The van der Waals surface area contributed by atoms with Crippen LogP contribution in [0.1, 0.15) is 28.8 Å². The van der Waals surface area contributed by atoms with E-state index in [-0.39, 0.29) is 41.4 Å². The molecule has 2 aliphatic heterocycles. The van der Waals surface area contributed by atoms with E-state index in [1.54, 1.807) is 6.07 Å². The number of nitrogens with one attached hydrogen (secondary N) is 1. The van der Waals surface area contributed by atoms with Crippen molar-refractivity contribution in [3.63, 3.8) is 0 Å². The highest BCUT2D eigenvalue weighted by Gasteiger charge is 2.34. The molecule has 7 heteroatoms. The van der Waals surface area contributed by atoms with Gasteiger partial charge in [-0.3, -0.25) is 9.59 Å². The quantitative estimate of drug-likeness (QED) is 0.807. The fraction of sp³-hybridized carbons (Fsp3) is 0.300. The molecule has 0 spiro atoms. The summed E-state index contributed by atoms with van der Waals surface area (Å²) in [6.07, 6.45) is 0. The van der Waals surface area contributed by atoms with Gasteiger partial charge in [-0.15, -0.1) is 24.2 Å². The lowest BCUT2D eigenvalue weighted by Crippen LogP contribution is -2.32. The Bertz CT molecular complexity index is 862. The Hall–Kier alpha value is -2.02. The number of rotatable bonds is 2. The van der Waals surface area contributed by atoms with Crippen LogP contribution in [0.2, 0.25) is 0 Å². The summed E-state index contributed by atoms with van der Waals surface area (Å²) in [5, 5.41) is 2.77. The van der Waals surface area contributed by atoms with Crippen LogP contribution in [0.3, 0.4) is 0 Å². The molecule has 0 bridgehead atoms. The van der Waals surface area contributed by atoms with Gasteiger partial charge in [-0.1, -0.05) is 30.3 Å². The fourth-order valence-electron chi connectivity index (χ4n) is 3.57. The number of halogens is 1. The maximum atomic E-state index is 13.0. The zero-order chi connectivity index (χ0) is 18.3. The standard InChI is InChI=1S/C20H21N3O2S.ClH/c1-12-19(24)22-17-9-14(7-8-18(17)26-12)20(25)23-10-15(16(21)11-23)13-5-3-2-4-6-13;/h2-9,12,15-16H,10-11,21H2,1H3,(H,22,24);1H/t12?,15-,16+;/m0./s1. The van der Waals surface area contributed by atoms with E-state index in [0.29, 0.717) is 24.3 Å². The van der Waals surface area contributed by atoms with Crippen molar-refractivity contribution >= 4 is 41.7 Å². The molecule has 2 aliphatic rings. The van der Waals surface area contributed by atoms with Gasteiger partial charge in [0.25, 0.3) is 5.91 Å². The summed E-state index contributed by atoms with van der Waals surface area (Å²) < 4.78 is 0. The number of amides is 2. The summed E-state index contributed by atoms with van der Waals surface area (Å²) in [6.45, 7) is 3.02. The molecular formula is C20H22ClN3O2S. The third-order valence-corrected chi connectivity index (χ3v) is 6.21. The fourth-order valence-corrected chi connectivity index (χ4v) is 4.50. The normalized spacial score (nSPS) is 24.0. The minimum atomic E-state index is -0.118. The number of hydrogen-bond acceptors (Lipinski definition) is 4. The number of carbonyl (C=O) groups excluding carboxylic acids is 2. The van der Waals surface area contributed by atoms with Gasteiger partial charge in [0.1, 0.15) is 0 Å². The molecule has 3 N–H and O–H groups in total. The Morgan fingerprint density at radius 2 is 1.93 bits per heavy atom. The van der Waals surface area contributed by atoms with E-state index >= 15 is 0 Å². The second-order valence-electron chi connectivity index (χ2n) is 6.85. The van der Waals surface area contributed by atoms with Gasteiger partial charge in [0, 0.05) is 35.5 Å². The van der Waals surface area contributed by atoms with Crippen molar-refractivity contribution in [2.45, 2.75) is 29.0 Å². The second kappa shape index (κ2) is 7.92. The highest BCUT2D eigenvalue weighted by molar-refractivity contribution is 8.00. The van der Waals surface area contributed by atoms with Crippen LogP contribution in [0.4, 0.5) is 5.69 Å². The number of nitrogens with zero attached hydrogens (tertiary/aromatic N) is 1. The van der Waals surface area contributed by atoms with Crippen LogP contribution in [0.25, 0.3) is 0 Å². The van der Waals surface area contributed by atoms with Gasteiger partial charge >= 0.3 is 0 Å². The minimum absolute atomic E-state index is 0. The topological polar surface area (TPSA) is 75.4 Å². The van der Waals surface area contributed by atoms with Gasteiger partial charge in [0.2, 0.25) is 5.91 Å². The van der Waals surface area contributed by atoms with Crippen molar-refractivity contribution in [2.75, 3.05) is 18.4 Å². The molecule has 2 amide bonds. The second-order valence-corrected chi connectivity index (χ2v) is 8.23. The zero-order valence-electron chi connectivity index (χ0n) is 14.9. The predicted molar refractivity (Wildman–Crippen MR) is 111 cm³/mol. The minimum Gasteiger partial charge on any atom is -0.336 e. The summed E-state index contributed by atoms with van der Waals surface area (Å²) in [6, 6.07) is 15.5. The lowest BCUT2D eigenvalue weighted by atomic mass is 9.95. The van der Waals surface area contributed by atoms with Crippen LogP contribution >= 0.6 is 24.2 Å². The van der Waals surface area contributed by atoms with Gasteiger partial charge in [0.15, 0.2) is 0 Å². The van der Waals surface area contributed by atoms with E-state index in [9.17, 15) is 9.59 Å². The first-order chi connectivity index (χ1) is 12.5. The maximum Gasteiger partial charge on any atom is 0.254 e. The molecule has 0 radical (unpaired) electrons. The van der Waals surface area contributed by atoms with E-state index in [1.807, 2.05) is 42.2 Å². The summed E-state index contributed by atoms with van der Waals surface area (Å²) in [5.74, 6) is 0.0767. The largest absolute Gasteiger partial charge is 0.336 e. The van der Waals surface area contributed by atoms with Crippen LogP contribution in [-0.2, 0) is 4.79 Å². The molecule has 0 aliphatic carbocycles. The van der Waals surface area contributed by atoms with Crippen LogP contribution in [0.15, 0.2) is 53.4 Å². The molecule has 5 nitrogen and oxygen atoms in total. The van der Waals surface area contributed by atoms with Gasteiger partial charge in [-0.25, -0.2) is 0 Å². The molecule has 27 heavy (non-hydrogen) atoms. The first kappa shape index (κ1) is 19.7. The maximum absolute atomic E-state index is 13.0. The van der Waals surface area contributed by atoms with Crippen molar-refractivity contribution in [2.24, 2.45) is 5.73 Å². The summed E-state index contributed by atoms with van der Waals surface area (Å²) >= 11 is 1.51. The van der Waals surface area contributed by atoms with Gasteiger partial charge < -0.3 is 16.0 Å². The molecule has 2 aromatic rings. The summed E-state index contributed by atoms with van der Waals surface area (Å²) in [5.41, 5.74) is 8.77. The van der Waals surface area contributed by atoms with Crippen molar-refractivity contribution < 1.29 is 9.59 Å². The molecule has 2 aromatic carbocycles. The Morgan fingerprint density at radius 3 is 2.67 bits per heavy atom. The average Bonchev–Trinajstić information content (AvgIpc) is 3.04. The molecule has 0 saturated carbocycles. The molecule has 3 atom stereocenters. The van der Waals surface area contributed by atoms with Gasteiger partial charge in [-0.2, -0.15) is 0 Å². The number of likely N-dealkylation sites (tertiary alicyclic amines) is 1. The first-order valence-corrected chi connectivity index (χ1v) is 9.62. The zero-order valence-corrected chi connectivity index (χ0v) is 16.6. The number of nitrogens with two attached hydrogens (primary N) is 1. The van der Waals surface area contributed by atoms with Crippen LogP contribution < -0.4 is 11.1 Å². The third-order valence-electron chi connectivity index (χ3n) is 5.04. The molecule has 142 valence electrons. The van der Waals surface area contributed by atoms with Gasteiger partial charge in [-0.05, 0) is 30.7 Å². The van der Waals surface area contributed by atoms with Gasteiger partial charge in [0.05, 0.1) is 10.9 Å². The Kier molecular flexibility index (Phi) is 5.79. The molecule has 4 rings (SSSR count). The van der Waals surface area contributed by atoms with Crippen molar-refractivity contribution in [3.8, 4) is 0 Å².